The highest BCUT2D eigenvalue weighted by Gasteiger charge is 2.04. The molecule has 1 heteroatoms. The van der Waals surface area contributed by atoms with Crippen LogP contribution >= 0.6 is 0 Å². The van der Waals surface area contributed by atoms with E-state index >= 15 is 0 Å². The summed E-state index contributed by atoms with van der Waals surface area (Å²) in [5, 5.41) is 0. The summed E-state index contributed by atoms with van der Waals surface area (Å²) >= 11 is 0. The summed E-state index contributed by atoms with van der Waals surface area (Å²) in [5.41, 5.74) is 4.83. The molecule has 0 aliphatic rings. The fourth-order valence-corrected chi connectivity index (χ4v) is 2.49. The van der Waals surface area contributed by atoms with E-state index in [-0.39, 0.29) is 0 Å². The summed E-state index contributed by atoms with van der Waals surface area (Å²) in [5.74, 6) is 0.896. The van der Waals surface area contributed by atoms with E-state index in [2.05, 4.69) is 73.7 Å². The summed E-state index contributed by atoms with van der Waals surface area (Å²) in [6, 6.07) is 29.0. The van der Waals surface area contributed by atoms with Crippen molar-refractivity contribution in [3.63, 3.8) is 0 Å². The van der Waals surface area contributed by atoms with Gasteiger partial charge in [0.1, 0.15) is 12.4 Å². The van der Waals surface area contributed by atoms with Crippen LogP contribution in [0.4, 0.5) is 0 Å². The predicted molar refractivity (Wildman–Crippen MR) is 96.6 cm³/mol. The molecule has 0 spiro atoms. The number of benzene rings is 3. The van der Waals surface area contributed by atoms with Gasteiger partial charge in [-0.15, -0.1) is 0 Å². The largest absolute Gasteiger partial charge is 0.490 e. The lowest BCUT2D eigenvalue weighted by atomic mass is 9.98. The molecule has 0 fully saturated rings. The number of rotatable bonds is 5. The summed E-state index contributed by atoms with van der Waals surface area (Å²) in [6.07, 6.45) is 2.14. The quantitative estimate of drug-likeness (QED) is 0.604. The van der Waals surface area contributed by atoms with Crippen molar-refractivity contribution >= 4 is 5.57 Å². The molecule has 0 aliphatic carbocycles. The van der Waals surface area contributed by atoms with Gasteiger partial charge in [0.05, 0.1) is 0 Å². The zero-order chi connectivity index (χ0) is 15.9. The Morgan fingerprint density at radius 1 is 0.739 bits per heavy atom. The van der Waals surface area contributed by atoms with E-state index in [1.807, 2.05) is 24.3 Å². The van der Waals surface area contributed by atoms with Crippen molar-refractivity contribution in [2.24, 2.45) is 0 Å². The van der Waals surface area contributed by atoms with Crippen molar-refractivity contribution < 1.29 is 4.74 Å². The Morgan fingerprint density at radius 2 is 1.26 bits per heavy atom. The second-order valence-electron chi connectivity index (χ2n) is 5.47. The van der Waals surface area contributed by atoms with E-state index in [0.29, 0.717) is 6.61 Å². The Hall–Kier alpha value is -2.80. The predicted octanol–water partition coefficient (Wildman–Crippen LogP) is 5.51. The van der Waals surface area contributed by atoms with E-state index in [0.717, 1.165) is 5.75 Å². The van der Waals surface area contributed by atoms with Crippen LogP contribution < -0.4 is 4.74 Å². The van der Waals surface area contributed by atoms with Gasteiger partial charge in [0, 0.05) is 0 Å². The molecule has 0 N–H and O–H groups in total. The highest BCUT2D eigenvalue weighted by atomic mass is 16.5. The molecular formula is C22H20O. The molecule has 0 saturated heterocycles. The lowest BCUT2D eigenvalue weighted by Gasteiger charge is -2.10. The SMILES string of the molecule is Cc1ccc(OCC=C(c2ccccc2)c2ccccc2)cc1. The Labute approximate surface area is 137 Å². The van der Waals surface area contributed by atoms with Crippen LogP contribution in [0.2, 0.25) is 0 Å². The first-order valence-electron chi connectivity index (χ1n) is 7.83. The maximum Gasteiger partial charge on any atom is 0.119 e. The zero-order valence-corrected chi connectivity index (χ0v) is 13.3. The first-order valence-corrected chi connectivity index (χ1v) is 7.83. The normalized spacial score (nSPS) is 10.1. The molecule has 0 heterocycles. The van der Waals surface area contributed by atoms with Crippen LogP contribution in [0.25, 0.3) is 5.57 Å². The molecule has 3 rings (SSSR count). The molecule has 0 amide bonds. The molecular weight excluding hydrogens is 280 g/mol. The van der Waals surface area contributed by atoms with Gasteiger partial charge in [-0.05, 0) is 41.8 Å². The van der Waals surface area contributed by atoms with Crippen LogP contribution in [0.5, 0.6) is 5.75 Å². The van der Waals surface area contributed by atoms with Crippen LogP contribution in [-0.4, -0.2) is 6.61 Å². The molecule has 0 unspecified atom stereocenters. The topological polar surface area (TPSA) is 9.23 Å². The average Bonchev–Trinajstić information content (AvgIpc) is 2.62. The first-order chi connectivity index (χ1) is 11.3. The van der Waals surface area contributed by atoms with Gasteiger partial charge in [-0.25, -0.2) is 0 Å². The Morgan fingerprint density at radius 3 is 1.78 bits per heavy atom. The Kier molecular flexibility index (Phi) is 4.90. The summed E-state index contributed by atoms with van der Waals surface area (Å²) in [6.45, 7) is 2.62. The van der Waals surface area contributed by atoms with Gasteiger partial charge in [-0.1, -0.05) is 78.4 Å². The maximum atomic E-state index is 5.86. The van der Waals surface area contributed by atoms with Crippen LogP contribution in [0.3, 0.4) is 0 Å². The van der Waals surface area contributed by atoms with Crippen molar-refractivity contribution in [1.29, 1.82) is 0 Å². The minimum absolute atomic E-state index is 0.544. The first kappa shape index (κ1) is 15.1. The van der Waals surface area contributed by atoms with Crippen molar-refractivity contribution in [3.05, 3.63) is 108 Å². The average molecular weight is 300 g/mol. The molecule has 1 nitrogen and oxygen atoms in total. The molecule has 0 aromatic heterocycles. The smallest absolute Gasteiger partial charge is 0.119 e. The highest BCUT2D eigenvalue weighted by molar-refractivity contribution is 5.79. The highest BCUT2D eigenvalue weighted by Crippen LogP contribution is 2.23. The molecule has 0 radical (unpaired) electrons. The molecule has 0 saturated carbocycles. The van der Waals surface area contributed by atoms with Crippen LogP contribution in [0.15, 0.2) is 91.0 Å². The van der Waals surface area contributed by atoms with Crippen LogP contribution in [0, 0.1) is 6.92 Å². The maximum absolute atomic E-state index is 5.86. The number of aryl methyl sites for hydroxylation is 1. The lowest BCUT2D eigenvalue weighted by molar-refractivity contribution is 0.363. The monoisotopic (exact) mass is 300 g/mol. The Bertz CT molecular complexity index is 715. The minimum atomic E-state index is 0.544. The molecule has 23 heavy (non-hydrogen) atoms. The molecule has 0 bridgehead atoms. The van der Waals surface area contributed by atoms with E-state index in [4.69, 9.17) is 4.74 Å². The van der Waals surface area contributed by atoms with Crippen LogP contribution in [-0.2, 0) is 0 Å². The van der Waals surface area contributed by atoms with Gasteiger partial charge in [-0.3, -0.25) is 0 Å². The van der Waals surface area contributed by atoms with E-state index in [1.54, 1.807) is 0 Å². The third-order valence-electron chi connectivity index (χ3n) is 3.73. The summed E-state index contributed by atoms with van der Waals surface area (Å²) < 4.78 is 5.86. The molecule has 0 aliphatic heterocycles. The van der Waals surface area contributed by atoms with E-state index in [9.17, 15) is 0 Å². The number of hydrogen-bond acceptors (Lipinski definition) is 1. The van der Waals surface area contributed by atoms with Gasteiger partial charge >= 0.3 is 0 Å². The second kappa shape index (κ2) is 7.46. The Balaban J connectivity index is 1.82. The summed E-state index contributed by atoms with van der Waals surface area (Å²) in [4.78, 5) is 0. The van der Waals surface area contributed by atoms with Gasteiger partial charge in [-0.2, -0.15) is 0 Å². The fraction of sp³-hybridized carbons (Fsp3) is 0.0909. The van der Waals surface area contributed by atoms with Gasteiger partial charge in [0.25, 0.3) is 0 Å². The third-order valence-corrected chi connectivity index (χ3v) is 3.73. The van der Waals surface area contributed by atoms with Crippen molar-refractivity contribution in [2.45, 2.75) is 6.92 Å². The van der Waals surface area contributed by atoms with Gasteiger partial charge in [0.2, 0.25) is 0 Å². The van der Waals surface area contributed by atoms with Crippen molar-refractivity contribution in [3.8, 4) is 5.75 Å². The third kappa shape index (κ3) is 4.10. The van der Waals surface area contributed by atoms with Crippen molar-refractivity contribution in [2.75, 3.05) is 6.61 Å². The lowest BCUT2D eigenvalue weighted by Crippen LogP contribution is -1.96. The molecule has 0 atom stereocenters. The van der Waals surface area contributed by atoms with Crippen molar-refractivity contribution in [1.82, 2.24) is 0 Å². The molecule has 114 valence electrons. The van der Waals surface area contributed by atoms with Crippen LogP contribution in [0.1, 0.15) is 16.7 Å². The van der Waals surface area contributed by atoms with Gasteiger partial charge in [0.15, 0.2) is 0 Å². The zero-order valence-electron chi connectivity index (χ0n) is 13.3. The fourth-order valence-electron chi connectivity index (χ4n) is 2.49. The number of hydrogen-bond donors (Lipinski definition) is 0. The molecule has 3 aromatic carbocycles. The second-order valence-corrected chi connectivity index (χ2v) is 5.47. The molecule has 3 aromatic rings. The number of ether oxygens (including phenoxy) is 1. The van der Waals surface area contributed by atoms with Gasteiger partial charge < -0.3 is 4.74 Å². The van der Waals surface area contributed by atoms with E-state index < -0.39 is 0 Å². The minimum Gasteiger partial charge on any atom is -0.490 e. The standard InChI is InChI=1S/C22H20O/c1-18-12-14-21(15-13-18)23-17-16-22(19-8-4-2-5-9-19)20-10-6-3-7-11-20/h2-16H,17H2,1H3. The summed E-state index contributed by atoms with van der Waals surface area (Å²) in [7, 11) is 0. The van der Waals surface area contributed by atoms with E-state index in [1.165, 1.54) is 22.3 Å².